The molecule has 5 heteroatoms. The Bertz CT molecular complexity index is 702. The minimum atomic E-state index is -0.311. The zero-order valence-electron chi connectivity index (χ0n) is 13.4. The molecular formula is C18H20N2O3. The first-order valence-electron chi connectivity index (χ1n) is 7.76. The highest BCUT2D eigenvalue weighted by Gasteiger charge is 2.36. The van der Waals surface area contributed by atoms with E-state index >= 15 is 0 Å². The Labute approximate surface area is 135 Å². The zero-order valence-corrected chi connectivity index (χ0v) is 13.4. The van der Waals surface area contributed by atoms with E-state index in [-0.39, 0.29) is 12.1 Å². The average molecular weight is 312 g/mol. The fourth-order valence-corrected chi connectivity index (χ4v) is 2.84. The highest BCUT2D eigenvalue weighted by atomic mass is 16.5. The first-order valence-corrected chi connectivity index (χ1v) is 7.76. The van der Waals surface area contributed by atoms with E-state index in [4.69, 9.17) is 9.47 Å². The Hall–Kier alpha value is -2.40. The van der Waals surface area contributed by atoms with Gasteiger partial charge >= 0.3 is 0 Å². The third-order valence-electron chi connectivity index (χ3n) is 3.92. The number of ether oxygens (including phenoxy) is 2. The molecule has 2 aromatic rings. The molecule has 120 valence electrons. The van der Waals surface area contributed by atoms with E-state index in [1.807, 2.05) is 49.4 Å². The van der Waals surface area contributed by atoms with Crippen molar-refractivity contribution >= 4 is 5.91 Å². The summed E-state index contributed by atoms with van der Waals surface area (Å²) in [4.78, 5) is 18.8. The smallest absolute Gasteiger partial charge is 0.256 e. The van der Waals surface area contributed by atoms with Crippen molar-refractivity contribution in [3.63, 3.8) is 0 Å². The van der Waals surface area contributed by atoms with Crippen LogP contribution in [0.15, 0.2) is 42.5 Å². The number of pyridine rings is 1. The highest BCUT2D eigenvalue weighted by molar-refractivity contribution is 5.98. The second-order valence-corrected chi connectivity index (χ2v) is 5.31. The van der Waals surface area contributed by atoms with Crippen LogP contribution in [0.1, 0.15) is 34.8 Å². The number of hydrogen-bond donors (Lipinski definition) is 0. The molecular weight excluding hydrogens is 292 g/mol. The van der Waals surface area contributed by atoms with Crippen LogP contribution in [0.3, 0.4) is 0 Å². The van der Waals surface area contributed by atoms with E-state index < -0.39 is 0 Å². The topological polar surface area (TPSA) is 51.7 Å². The van der Waals surface area contributed by atoms with Crippen molar-refractivity contribution in [2.45, 2.75) is 19.6 Å². The molecule has 1 atom stereocenters. The highest BCUT2D eigenvalue weighted by Crippen LogP contribution is 2.34. The molecule has 1 aromatic heterocycles. The van der Waals surface area contributed by atoms with E-state index in [1.165, 1.54) is 0 Å². The van der Waals surface area contributed by atoms with E-state index in [0.29, 0.717) is 25.5 Å². The molecule has 1 aromatic carbocycles. The van der Waals surface area contributed by atoms with Crippen molar-refractivity contribution in [2.75, 3.05) is 20.3 Å². The molecule has 0 spiro atoms. The quantitative estimate of drug-likeness (QED) is 0.823. The fourth-order valence-electron chi connectivity index (χ4n) is 2.84. The van der Waals surface area contributed by atoms with Crippen molar-refractivity contribution in [2.24, 2.45) is 0 Å². The van der Waals surface area contributed by atoms with Crippen LogP contribution in [0, 0.1) is 0 Å². The Morgan fingerprint density at radius 2 is 2.00 bits per heavy atom. The Balaban J connectivity index is 1.77. The van der Waals surface area contributed by atoms with Gasteiger partial charge in [-0.15, -0.1) is 0 Å². The molecule has 0 fully saturated rings. The van der Waals surface area contributed by atoms with Gasteiger partial charge in [-0.3, -0.25) is 4.79 Å². The number of hydrogen-bond acceptors (Lipinski definition) is 4. The minimum absolute atomic E-state index is 0.0157. The lowest BCUT2D eigenvalue weighted by molar-refractivity contribution is -0.0337. The van der Waals surface area contributed by atoms with Gasteiger partial charge in [0.1, 0.15) is 0 Å². The van der Waals surface area contributed by atoms with E-state index in [9.17, 15) is 4.79 Å². The number of carbonyl (C=O) groups excluding carboxylic acids is 1. The largest absolute Gasteiger partial charge is 0.481 e. The molecule has 0 bridgehead atoms. The SMILES string of the molecule is CCOC1c2ccccc2C(=O)N1CCc1cccc(OC)n1. The first-order chi connectivity index (χ1) is 11.2. The van der Waals surface area contributed by atoms with Crippen molar-refractivity contribution in [1.29, 1.82) is 0 Å². The van der Waals surface area contributed by atoms with Crippen molar-refractivity contribution in [3.05, 3.63) is 59.3 Å². The van der Waals surface area contributed by atoms with E-state index in [0.717, 1.165) is 16.8 Å². The van der Waals surface area contributed by atoms with Crippen LogP contribution < -0.4 is 4.74 Å². The maximum Gasteiger partial charge on any atom is 0.256 e. The summed E-state index contributed by atoms with van der Waals surface area (Å²) in [5, 5.41) is 0. The van der Waals surface area contributed by atoms with Gasteiger partial charge in [0.05, 0.1) is 7.11 Å². The molecule has 1 aliphatic rings. The maximum atomic E-state index is 12.6. The standard InChI is InChI=1S/C18H20N2O3/c1-3-23-18-15-9-5-4-8-14(15)17(21)20(18)12-11-13-7-6-10-16(19-13)22-2/h4-10,18H,3,11-12H2,1-2H3. The minimum Gasteiger partial charge on any atom is -0.481 e. The molecule has 23 heavy (non-hydrogen) atoms. The van der Waals surface area contributed by atoms with Gasteiger partial charge in [-0.1, -0.05) is 24.3 Å². The summed E-state index contributed by atoms with van der Waals surface area (Å²) in [5.41, 5.74) is 2.56. The summed E-state index contributed by atoms with van der Waals surface area (Å²) in [6.45, 7) is 3.05. The predicted molar refractivity (Wildman–Crippen MR) is 86.3 cm³/mol. The van der Waals surface area contributed by atoms with Gasteiger partial charge in [0.15, 0.2) is 6.23 Å². The van der Waals surface area contributed by atoms with Gasteiger partial charge in [0.25, 0.3) is 5.91 Å². The van der Waals surface area contributed by atoms with Crippen LogP contribution in [0.25, 0.3) is 0 Å². The van der Waals surface area contributed by atoms with Gasteiger partial charge < -0.3 is 14.4 Å². The monoisotopic (exact) mass is 312 g/mol. The third kappa shape index (κ3) is 3.05. The summed E-state index contributed by atoms with van der Waals surface area (Å²) in [7, 11) is 1.60. The molecule has 0 saturated heterocycles. The number of aromatic nitrogens is 1. The number of rotatable bonds is 6. The van der Waals surface area contributed by atoms with Gasteiger partial charge in [-0.05, 0) is 19.1 Å². The van der Waals surface area contributed by atoms with Crippen molar-refractivity contribution in [1.82, 2.24) is 9.88 Å². The van der Waals surface area contributed by atoms with Gasteiger partial charge in [0.2, 0.25) is 5.88 Å². The molecule has 0 radical (unpaired) electrons. The molecule has 0 aliphatic carbocycles. The summed E-state index contributed by atoms with van der Waals surface area (Å²) in [5.74, 6) is 0.599. The predicted octanol–water partition coefficient (Wildman–Crippen LogP) is 2.82. The van der Waals surface area contributed by atoms with Crippen molar-refractivity contribution in [3.8, 4) is 5.88 Å². The Kier molecular flexibility index (Phi) is 4.57. The second kappa shape index (κ2) is 6.79. The number of nitrogens with zero attached hydrogens (tertiary/aromatic N) is 2. The normalized spacial score (nSPS) is 16.5. The third-order valence-corrected chi connectivity index (χ3v) is 3.92. The van der Waals surface area contributed by atoms with Crippen LogP contribution in [0.2, 0.25) is 0 Å². The van der Waals surface area contributed by atoms with Crippen LogP contribution in [0.5, 0.6) is 5.88 Å². The number of benzene rings is 1. The molecule has 2 heterocycles. The molecule has 5 nitrogen and oxygen atoms in total. The number of amides is 1. The van der Waals surface area contributed by atoms with Crippen LogP contribution in [0.4, 0.5) is 0 Å². The molecule has 1 amide bonds. The van der Waals surface area contributed by atoms with Gasteiger partial charge in [-0.25, -0.2) is 4.98 Å². The summed E-state index contributed by atoms with van der Waals surface area (Å²) >= 11 is 0. The molecule has 1 aliphatic heterocycles. The van der Waals surface area contributed by atoms with Crippen LogP contribution >= 0.6 is 0 Å². The molecule has 0 saturated carbocycles. The number of carbonyl (C=O) groups is 1. The fraction of sp³-hybridized carbons (Fsp3) is 0.333. The summed E-state index contributed by atoms with van der Waals surface area (Å²) < 4.78 is 10.9. The zero-order chi connectivity index (χ0) is 16.2. The first kappa shape index (κ1) is 15.5. The lowest BCUT2D eigenvalue weighted by atomic mass is 10.1. The lowest BCUT2D eigenvalue weighted by Gasteiger charge is -2.25. The van der Waals surface area contributed by atoms with Crippen LogP contribution in [-0.4, -0.2) is 36.1 Å². The van der Waals surface area contributed by atoms with E-state index in [1.54, 1.807) is 12.0 Å². The summed E-state index contributed by atoms with van der Waals surface area (Å²) in [6, 6.07) is 13.3. The van der Waals surface area contributed by atoms with E-state index in [2.05, 4.69) is 4.98 Å². The van der Waals surface area contributed by atoms with Crippen molar-refractivity contribution < 1.29 is 14.3 Å². The molecule has 3 rings (SSSR count). The molecule has 0 N–H and O–H groups in total. The molecule has 1 unspecified atom stereocenters. The Morgan fingerprint density at radius 1 is 1.17 bits per heavy atom. The Morgan fingerprint density at radius 3 is 2.78 bits per heavy atom. The number of methoxy groups -OCH3 is 1. The second-order valence-electron chi connectivity index (χ2n) is 5.31. The van der Waals surface area contributed by atoms with Gasteiger partial charge in [0, 0.05) is 42.5 Å². The summed E-state index contributed by atoms with van der Waals surface area (Å²) in [6.07, 6.45) is 0.342. The maximum absolute atomic E-state index is 12.6. The lowest BCUT2D eigenvalue weighted by Crippen LogP contribution is -2.31. The average Bonchev–Trinajstić information content (AvgIpc) is 2.86. The van der Waals surface area contributed by atoms with Gasteiger partial charge in [-0.2, -0.15) is 0 Å². The van der Waals surface area contributed by atoms with Crippen LogP contribution in [-0.2, 0) is 11.2 Å². The number of fused-ring (bicyclic) bond motifs is 1.